The summed E-state index contributed by atoms with van der Waals surface area (Å²) < 4.78 is 5.21. The normalized spacial score (nSPS) is 10.6. The summed E-state index contributed by atoms with van der Waals surface area (Å²) in [7, 11) is 0. The summed E-state index contributed by atoms with van der Waals surface area (Å²) in [4.78, 5) is 12.0. The monoisotopic (exact) mass is 257 g/mol. The van der Waals surface area contributed by atoms with E-state index in [1.54, 1.807) is 6.26 Å². The van der Waals surface area contributed by atoms with E-state index in [1.807, 2.05) is 37.3 Å². The van der Waals surface area contributed by atoms with Gasteiger partial charge in [-0.2, -0.15) is 0 Å². The van der Waals surface area contributed by atoms with Gasteiger partial charge in [-0.1, -0.05) is 12.1 Å². The van der Waals surface area contributed by atoms with Crippen LogP contribution in [0.15, 0.2) is 41.0 Å². The molecule has 0 atom stereocenters. The number of Topliss-reactive ketones (excluding diaryl/α,β-unsaturated/α-hetero) is 1. The van der Waals surface area contributed by atoms with Crippen molar-refractivity contribution in [3.63, 3.8) is 0 Å². The number of furan rings is 1. The van der Waals surface area contributed by atoms with E-state index in [9.17, 15) is 4.79 Å². The highest BCUT2D eigenvalue weighted by atomic mass is 16.3. The quantitative estimate of drug-likeness (QED) is 0.638. The molecule has 2 rings (SSSR count). The lowest BCUT2D eigenvalue weighted by atomic mass is 10.0. The number of benzene rings is 1. The standard InChI is InChI=1S/C16H19NO2/c1-12-5-6-14(10-13(12)2)16(18)7-8-17-11-15-4-3-9-19-15/h3-6,9-10,17H,7-8,11H2,1-2H3. The Morgan fingerprint density at radius 3 is 2.74 bits per heavy atom. The minimum absolute atomic E-state index is 0.176. The summed E-state index contributed by atoms with van der Waals surface area (Å²) in [6, 6.07) is 9.63. The molecule has 0 aliphatic rings. The molecule has 0 spiro atoms. The minimum Gasteiger partial charge on any atom is -0.468 e. The fourth-order valence-corrected chi connectivity index (χ4v) is 1.89. The first kappa shape index (κ1) is 13.6. The highest BCUT2D eigenvalue weighted by Gasteiger charge is 2.06. The predicted octanol–water partition coefficient (Wildman–Crippen LogP) is 3.26. The number of rotatable bonds is 6. The van der Waals surface area contributed by atoms with E-state index in [1.165, 1.54) is 5.56 Å². The second kappa shape index (κ2) is 6.34. The van der Waals surface area contributed by atoms with Crippen molar-refractivity contribution in [3.05, 3.63) is 59.0 Å². The highest BCUT2D eigenvalue weighted by Crippen LogP contribution is 2.11. The van der Waals surface area contributed by atoms with Gasteiger partial charge in [-0.3, -0.25) is 4.79 Å². The van der Waals surface area contributed by atoms with Gasteiger partial charge in [0.25, 0.3) is 0 Å². The van der Waals surface area contributed by atoms with Gasteiger partial charge in [0.1, 0.15) is 5.76 Å². The van der Waals surface area contributed by atoms with Crippen molar-refractivity contribution in [2.75, 3.05) is 6.54 Å². The van der Waals surface area contributed by atoms with Gasteiger partial charge in [0.15, 0.2) is 5.78 Å². The molecule has 1 N–H and O–H groups in total. The molecule has 0 unspecified atom stereocenters. The van der Waals surface area contributed by atoms with Crippen LogP contribution in [0.25, 0.3) is 0 Å². The molecular formula is C16H19NO2. The number of aryl methyl sites for hydroxylation is 2. The second-order valence-corrected chi connectivity index (χ2v) is 4.73. The van der Waals surface area contributed by atoms with Crippen molar-refractivity contribution in [2.45, 2.75) is 26.8 Å². The number of carbonyl (C=O) groups excluding carboxylic acids is 1. The molecule has 0 radical (unpaired) electrons. The summed E-state index contributed by atoms with van der Waals surface area (Å²) >= 11 is 0. The molecule has 0 bridgehead atoms. The Morgan fingerprint density at radius 1 is 1.21 bits per heavy atom. The first-order valence-corrected chi connectivity index (χ1v) is 6.50. The van der Waals surface area contributed by atoms with E-state index in [4.69, 9.17) is 4.42 Å². The van der Waals surface area contributed by atoms with E-state index in [-0.39, 0.29) is 5.78 Å². The van der Waals surface area contributed by atoms with Gasteiger partial charge in [-0.05, 0) is 43.2 Å². The van der Waals surface area contributed by atoms with Crippen molar-refractivity contribution < 1.29 is 9.21 Å². The van der Waals surface area contributed by atoms with Crippen LogP contribution in [0.2, 0.25) is 0 Å². The molecule has 3 heteroatoms. The number of nitrogens with one attached hydrogen (secondary N) is 1. The highest BCUT2D eigenvalue weighted by molar-refractivity contribution is 5.96. The third kappa shape index (κ3) is 3.80. The average Bonchev–Trinajstić information content (AvgIpc) is 2.91. The van der Waals surface area contributed by atoms with Gasteiger partial charge >= 0.3 is 0 Å². The van der Waals surface area contributed by atoms with E-state index in [0.29, 0.717) is 19.5 Å². The molecule has 0 aliphatic heterocycles. The van der Waals surface area contributed by atoms with Gasteiger partial charge in [0.2, 0.25) is 0 Å². The van der Waals surface area contributed by atoms with Crippen LogP contribution in [0.1, 0.15) is 33.7 Å². The third-order valence-corrected chi connectivity index (χ3v) is 3.24. The molecule has 1 aromatic carbocycles. The van der Waals surface area contributed by atoms with E-state index in [2.05, 4.69) is 12.2 Å². The van der Waals surface area contributed by atoms with Crippen molar-refractivity contribution in [1.82, 2.24) is 5.32 Å². The lowest BCUT2D eigenvalue weighted by molar-refractivity contribution is 0.0982. The van der Waals surface area contributed by atoms with Crippen molar-refractivity contribution in [2.24, 2.45) is 0 Å². The van der Waals surface area contributed by atoms with E-state index >= 15 is 0 Å². The van der Waals surface area contributed by atoms with Gasteiger partial charge < -0.3 is 9.73 Å². The Morgan fingerprint density at radius 2 is 2.05 bits per heavy atom. The first-order valence-electron chi connectivity index (χ1n) is 6.50. The SMILES string of the molecule is Cc1ccc(C(=O)CCNCc2ccco2)cc1C. The molecule has 0 aliphatic carbocycles. The molecule has 2 aromatic rings. The Hall–Kier alpha value is -1.87. The maximum atomic E-state index is 12.0. The summed E-state index contributed by atoms with van der Waals surface area (Å²) in [5, 5.41) is 3.20. The number of carbonyl (C=O) groups is 1. The van der Waals surface area contributed by atoms with Crippen molar-refractivity contribution in [1.29, 1.82) is 0 Å². The first-order chi connectivity index (χ1) is 9.16. The molecule has 0 amide bonds. The van der Waals surface area contributed by atoms with E-state index in [0.717, 1.165) is 16.9 Å². The molecule has 0 fully saturated rings. The molecule has 1 aromatic heterocycles. The van der Waals surface area contributed by atoms with Crippen LogP contribution in [0.4, 0.5) is 0 Å². The lowest BCUT2D eigenvalue weighted by Crippen LogP contribution is -2.17. The van der Waals surface area contributed by atoms with Crippen LogP contribution >= 0.6 is 0 Å². The van der Waals surface area contributed by atoms with Crippen LogP contribution in [-0.2, 0) is 6.54 Å². The van der Waals surface area contributed by atoms with Crippen LogP contribution in [0.3, 0.4) is 0 Å². The molecule has 19 heavy (non-hydrogen) atoms. The van der Waals surface area contributed by atoms with Crippen LogP contribution in [-0.4, -0.2) is 12.3 Å². The molecule has 0 saturated heterocycles. The van der Waals surface area contributed by atoms with Gasteiger partial charge in [-0.25, -0.2) is 0 Å². The summed E-state index contributed by atoms with van der Waals surface area (Å²) in [6.45, 7) is 5.40. The maximum absolute atomic E-state index is 12.0. The molecule has 3 nitrogen and oxygen atoms in total. The largest absolute Gasteiger partial charge is 0.468 e. The molecule has 0 saturated carbocycles. The lowest BCUT2D eigenvalue weighted by Gasteiger charge is -2.05. The minimum atomic E-state index is 0.176. The third-order valence-electron chi connectivity index (χ3n) is 3.24. The zero-order valence-corrected chi connectivity index (χ0v) is 11.4. The van der Waals surface area contributed by atoms with Crippen LogP contribution < -0.4 is 5.32 Å². The zero-order chi connectivity index (χ0) is 13.7. The predicted molar refractivity (Wildman–Crippen MR) is 75.3 cm³/mol. The second-order valence-electron chi connectivity index (χ2n) is 4.73. The van der Waals surface area contributed by atoms with E-state index < -0.39 is 0 Å². The average molecular weight is 257 g/mol. The van der Waals surface area contributed by atoms with Gasteiger partial charge in [0, 0.05) is 18.5 Å². The number of hydrogen-bond acceptors (Lipinski definition) is 3. The fraction of sp³-hybridized carbons (Fsp3) is 0.312. The summed E-state index contributed by atoms with van der Waals surface area (Å²) in [5.41, 5.74) is 3.17. The van der Waals surface area contributed by atoms with Crippen molar-refractivity contribution in [3.8, 4) is 0 Å². The van der Waals surface area contributed by atoms with Crippen LogP contribution in [0.5, 0.6) is 0 Å². The number of ketones is 1. The van der Waals surface area contributed by atoms with Gasteiger partial charge in [-0.15, -0.1) is 0 Å². The number of hydrogen-bond donors (Lipinski definition) is 1. The molecule has 1 heterocycles. The summed E-state index contributed by atoms with van der Waals surface area (Å²) in [6.07, 6.45) is 2.15. The smallest absolute Gasteiger partial charge is 0.164 e. The maximum Gasteiger partial charge on any atom is 0.164 e. The van der Waals surface area contributed by atoms with Crippen LogP contribution in [0, 0.1) is 13.8 Å². The molecule has 100 valence electrons. The Balaban J connectivity index is 1.79. The topological polar surface area (TPSA) is 42.2 Å². The Kier molecular flexibility index (Phi) is 4.53. The Bertz CT molecular complexity index is 544. The van der Waals surface area contributed by atoms with Crippen molar-refractivity contribution >= 4 is 5.78 Å². The zero-order valence-electron chi connectivity index (χ0n) is 11.4. The molecular weight excluding hydrogens is 238 g/mol. The summed E-state index contributed by atoms with van der Waals surface area (Å²) in [5.74, 6) is 1.06. The fourth-order valence-electron chi connectivity index (χ4n) is 1.89. The van der Waals surface area contributed by atoms with Gasteiger partial charge in [0.05, 0.1) is 12.8 Å². The Labute approximate surface area is 113 Å².